The van der Waals surface area contributed by atoms with Crippen molar-refractivity contribution < 1.29 is 28.7 Å². The molecule has 2 amide bonds. The first kappa shape index (κ1) is 30.5. The molecular weight excluding hydrogens is 556 g/mol. The van der Waals surface area contributed by atoms with Crippen molar-refractivity contribution in [3.8, 4) is 5.75 Å². The number of hydrogen-bond donors (Lipinski definition) is 1. The predicted octanol–water partition coefficient (Wildman–Crippen LogP) is 6.72. The zero-order valence-corrected chi connectivity index (χ0v) is 25.4. The lowest BCUT2D eigenvalue weighted by molar-refractivity contribution is -0.120. The number of rotatable bonds is 6. The number of carbonyl (C=O) groups excluding carboxylic acids is 4. The quantitative estimate of drug-likeness (QED) is 0.194. The van der Waals surface area contributed by atoms with Crippen LogP contribution >= 0.6 is 11.6 Å². The van der Waals surface area contributed by atoms with E-state index in [0.717, 1.165) is 16.0 Å². The molecule has 1 heterocycles. The smallest absolute Gasteiger partial charge is 0.343 e. The summed E-state index contributed by atoms with van der Waals surface area (Å²) in [5.41, 5.74) is 2.39. The molecule has 9 heteroatoms. The van der Waals surface area contributed by atoms with Crippen LogP contribution in [0.5, 0.6) is 5.75 Å². The molecule has 3 aromatic rings. The number of halogens is 1. The molecule has 0 bridgehead atoms. The van der Waals surface area contributed by atoms with E-state index >= 15 is 0 Å². The molecule has 0 fully saturated rings. The fourth-order valence-corrected chi connectivity index (χ4v) is 4.66. The highest BCUT2D eigenvalue weighted by molar-refractivity contribution is 6.53. The van der Waals surface area contributed by atoms with E-state index in [1.807, 2.05) is 12.1 Å². The van der Waals surface area contributed by atoms with Crippen molar-refractivity contribution in [1.82, 2.24) is 0 Å². The number of nitrogens with zero attached hydrogens (tertiary/aromatic N) is 1. The number of esters is 2. The lowest BCUT2D eigenvalue weighted by Gasteiger charge is -2.26. The van der Waals surface area contributed by atoms with Crippen LogP contribution in [0.1, 0.15) is 73.4 Å². The number of amides is 2. The highest BCUT2D eigenvalue weighted by Crippen LogP contribution is 2.36. The summed E-state index contributed by atoms with van der Waals surface area (Å²) in [5.74, 6) is -2.27. The van der Waals surface area contributed by atoms with Crippen molar-refractivity contribution in [2.75, 3.05) is 17.3 Å². The Kier molecular flexibility index (Phi) is 8.32. The van der Waals surface area contributed by atoms with Gasteiger partial charge in [-0.2, -0.15) is 0 Å². The van der Waals surface area contributed by atoms with Crippen molar-refractivity contribution in [3.05, 3.63) is 99.7 Å². The summed E-state index contributed by atoms with van der Waals surface area (Å²) in [4.78, 5) is 52.3. The molecule has 1 N–H and O–H groups in total. The molecule has 1 aliphatic rings. The summed E-state index contributed by atoms with van der Waals surface area (Å²) in [7, 11) is 1.20. The lowest BCUT2D eigenvalue weighted by atomic mass is 9.80. The van der Waals surface area contributed by atoms with E-state index in [1.165, 1.54) is 19.2 Å². The fraction of sp³-hybridized carbons (Fsp3) is 0.273. The maximum atomic E-state index is 13.2. The summed E-state index contributed by atoms with van der Waals surface area (Å²) in [6.45, 7) is 12.6. The third kappa shape index (κ3) is 6.09. The van der Waals surface area contributed by atoms with Crippen LogP contribution in [0.2, 0.25) is 0 Å². The normalized spacial score (nSPS) is 13.9. The zero-order chi connectivity index (χ0) is 31.0. The van der Waals surface area contributed by atoms with E-state index in [1.54, 1.807) is 36.4 Å². The first-order valence-corrected chi connectivity index (χ1v) is 13.7. The Bertz CT molecular complexity index is 1610. The van der Waals surface area contributed by atoms with Gasteiger partial charge in [0.2, 0.25) is 0 Å². The third-order valence-electron chi connectivity index (χ3n) is 6.82. The molecular formula is C33H33ClN2O6. The minimum atomic E-state index is -0.784. The Morgan fingerprint density at radius 2 is 1.45 bits per heavy atom. The number of imide groups is 1. The Morgan fingerprint density at radius 1 is 0.810 bits per heavy atom. The second-order valence-corrected chi connectivity index (χ2v) is 12.3. The number of benzene rings is 3. The van der Waals surface area contributed by atoms with Gasteiger partial charge in [0.15, 0.2) is 0 Å². The van der Waals surface area contributed by atoms with E-state index in [0.29, 0.717) is 17.0 Å². The monoisotopic (exact) mass is 588 g/mol. The molecule has 0 saturated carbocycles. The number of hydrogen-bond acceptors (Lipinski definition) is 7. The summed E-state index contributed by atoms with van der Waals surface area (Å²) in [6, 6.07) is 18.2. The second kappa shape index (κ2) is 11.4. The molecule has 218 valence electrons. The van der Waals surface area contributed by atoms with Crippen molar-refractivity contribution in [3.63, 3.8) is 0 Å². The number of para-hydroxylation sites is 1. The van der Waals surface area contributed by atoms with Gasteiger partial charge < -0.3 is 14.8 Å². The number of anilines is 2. The summed E-state index contributed by atoms with van der Waals surface area (Å²) in [5, 5.41) is 2.53. The topological polar surface area (TPSA) is 102 Å². The van der Waals surface area contributed by atoms with Crippen molar-refractivity contribution >= 4 is 46.7 Å². The molecule has 0 aliphatic carbocycles. The second-order valence-electron chi connectivity index (χ2n) is 11.9. The standard InChI is InChI=1S/C33H33ClN2O6/c1-32(2,3)20-14-17-25(23(18-20)33(4,5)6)42-30(39)19-12-15-21(16-13-19)35-27-26(34)28(37)36(29(27)38)24-11-9-8-10-22(24)31(40)41-7/h8-18,35H,1-7H3. The van der Waals surface area contributed by atoms with E-state index in [9.17, 15) is 19.2 Å². The Hall–Kier alpha value is -4.43. The number of nitrogens with one attached hydrogen (secondary N) is 1. The fourth-order valence-electron chi connectivity index (χ4n) is 4.45. The van der Waals surface area contributed by atoms with Crippen molar-refractivity contribution in [2.45, 2.75) is 52.4 Å². The van der Waals surface area contributed by atoms with Gasteiger partial charge in [-0.1, -0.05) is 77.4 Å². The maximum Gasteiger partial charge on any atom is 0.343 e. The minimum Gasteiger partial charge on any atom is -0.465 e. The summed E-state index contributed by atoms with van der Waals surface area (Å²) in [6.07, 6.45) is 0. The van der Waals surface area contributed by atoms with Crippen LogP contribution < -0.4 is 15.0 Å². The van der Waals surface area contributed by atoms with Gasteiger partial charge >= 0.3 is 11.9 Å². The van der Waals surface area contributed by atoms with Crippen LogP contribution in [0.25, 0.3) is 0 Å². The average Bonchev–Trinajstić information content (AvgIpc) is 3.14. The maximum absolute atomic E-state index is 13.2. The molecule has 42 heavy (non-hydrogen) atoms. The van der Waals surface area contributed by atoms with E-state index in [-0.39, 0.29) is 32.8 Å². The Balaban J connectivity index is 1.53. The van der Waals surface area contributed by atoms with E-state index in [2.05, 4.69) is 52.9 Å². The molecule has 0 unspecified atom stereocenters. The van der Waals surface area contributed by atoms with Crippen LogP contribution in [0.3, 0.4) is 0 Å². The Morgan fingerprint density at radius 3 is 2.05 bits per heavy atom. The van der Waals surface area contributed by atoms with Gasteiger partial charge in [0.05, 0.1) is 23.9 Å². The molecule has 0 aromatic heterocycles. The highest BCUT2D eigenvalue weighted by Gasteiger charge is 2.40. The van der Waals surface area contributed by atoms with Crippen LogP contribution in [0, 0.1) is 0 Å². The zero-order valence-electron chi connectivity index (χ0n) is 24.6. The summed E-state index contributed by atoms with van der Waals surface area (Å²) < 4.78 is 10.6. The molecule has 0 atom stereocenters. The SMILES string of the molecule is COC(=O)c1ccccc1N1C(=O)C(Cl)=C(Nc2ccc(C(=O)Oc3ccc(C(C)(C)C)cc3C(C)(C)C)cc2)C1=O. The van der Waals surface area contributed by atoms with Crippen molar-refractivity contribution in [2.24, 2.45) is 0 Å². The predicted molar refractivity (Wildman–Crippen MR) is 162 cm³/mol. The first-order valence-electron chi connectivity index (χ1n) is 13.3. The van der Waals surface area contributed by atoms with Gasteiger partial charge in [0, 0.05) is 11.3 Å². The van der Waals surface area contributed by atoms with Gasteiger partial charge in [-0.05, 0) is 58.9 Å². The minimum absolute atomic E-state index is 0.0398. The van der Waals surface area contributed by atoms with Gasteiger partial charge in [-0.25, -0.2) is 14.5 Å². The number of ether oxygens (including phenoxy) is 2. The van der Waals surface area contributed by atoms with Gasteiger partial charge in [-0.15, -0.1) is 0 Å². The molecule has 3 aromatic carbocycles. The third-order valence-corrected chi connectivity index (χ3v) is 7.17. The molecule has 4 rings (SSSR count). The Labute approximate surface area is 250 Å². The molecule has 0 saturated heterocycles. The van der Waals surface area contributed by atoms with Crippen molar-refractivity contribution in [1.29, 1.82) is 0 Å². The molecule has 1 aliphatic heterocycles. The van der Waals surface area contributed by atoms with E-state index < -0.39 is 23.8 Å². The first-order chi connectivity index (χ1) is 19.6. The molecule has 8 nitrogen and oxygen atoms in total. The number of carbonyl (C=O) groups is 4. The van der Waals surface area contributed by atoms with Crippen LogP contribution in [-0.2, 0) is 25.2 Å². The van der Waals surface area contributed by atoms with Gasteiger partial charge in [0.1, 0.15) is 16.5 Å². The number of methoxy groups -OCH3 is 1. The van der Waals surface area contributed by atoms with Gasteiger partial charge in [-0.3, -0.25) is 9.59 Å². The lowest BCUT2D eigenvalue weighted by Crippen LogP contribution is -2.33. The van der Waals surface area contributed by atoms with Crippen LogP contribution in [0.15, 0.2) is 77.5 Å². The van der Waals surface area contributed by atoms with Crippen LogP contribution in [-0.4, -0.2) is 30.9 Å². The molecule has 0 radical (unpaired) electrons. The summed E-state index contributed by atoms with van der Waals surface area (Å²) >= 11 is 6.26. The van der Waals surface area contributed by atoms with E-state index in [4.69, 9.17) is 21.1 Å². The molecule has 0 spiro atoms. The van der Waals surface area contributed by atoms with Crippen LogP contribution in [0.4, 0.5) is 11.4 Å². The highest BCUT2D eigenvalue weighted by atomic mass is 35.5. The van der Waals surface area contributed by atoms with Gasteiger partial charge in [0.25, 0.3) is 11.8 Å². The average molecular weight is 589 g/mol. The largest absolute Gasteiger partial charge is 0.465 e.